The van der Waals surface area contributed by atoms with Gasteiger partial charge in [0.05, 0.1) is 6.54 Å². The van der Waals surface area contributed by atoms with Crippen molar-refractivity contribution in [3.63, 3.8) is 0 Å². The zero-order valence-electron chi connectivity index (χ0n) is 11.0. The molecule has 0 radical (unpaired) electrons. The second-order valence-corrected chi connectivity index (χ2v) is 6.48. The second kappa shape index (κ2) is 5.03. The van der Waals surface area contributed by atoms with E-state index in [1.807, 2.05) is 0 Å². The van der Waals surface area contributed by atoms with Gasteiger partial charge < -0.3 is 9.73 Å². The van der Waals surface area contributed by atoms with Gasteiger partial charge in [-0.05, 0) is 26.3 Å². The minimum atomic E-state index is -3.44. The van der Waals surface area contributed by atoms with Crippen molar-refractivity contribution in [2.75, 3.05) is 7.05 Å². The topological polar surface area (TPSA) is 71.3 Å². The van der Waals surface area contributed by atoms with Crippen LogP contribution in [0.5, 0.6) is 0 Å². The lowest BCUT2D eigenvalue weighted by atomic mass is 10.3. The molecule has 18 heavy (non-hydrogen) atoms. The van der Waals surface area contributed by atoms with Crippen LogP contribution in [0.2, 0.25) is 0 Å². The molecule has 102 valence electrons. The van der Waals surface area contributed by atoms with Gasteiger partial charge in [-0.15, -0.1) is 0 Å². The fourth-order valence-electron chi connectivity index (χ4n) is 2.16. The number of hydrogen-bond acceptors (Lipinski definition) is 4. The molecule has 1 aromatic rings. The molecule has 2 rings (SSSR count). The highest BCUT2D eigenvalue weighted by Crippen LogP contribution is 2.34. The molecule has 1 aliphatic rings. The zero-order chi connectivity index (χ0) is 13.3. The SMILES string of the molecule is CCC1CC1NS(=O)(=O)c1cc(CNC)oc1C. The van der Waals surface area contributed by atoms with E-state index >= 15 is 0 Å². The Hall–Kier alpha value is -0.850. The third-order valence-electron chi connectivity index (χ3n) is 3.32. The molecule has 2 unspecified atom stereocenters. The van der Waals surface area contributed by atoms with E-state index in [4.69, 9.17) is 4.42 Å². The molecule has 0 amide bonds. The second-order valence-electron chi connectivity index (χ2n) is 4.80. The molecule has 0 aromatic carbocycles. The number of hydrogen-bond donors (Lipinski definition) is 2. The van der Waals surface area contributed by atoms with Crippen molar-refractivity contribution in [1.82, 2.24) is 10.0 Å². The van der Waals surface area contributed by atoms with Gasteiger partial charge in [-0.25, -0.2) is 13.1 Å². The Morgan fingerprint density at radius 3 is 2.78 bits per heavy atom. The van der Waals surface area contributed by atoms with Gasteiger partial charge in [0.15, 0.2) is 0 Å². The fraction of sp³-hybridized carbons (Fsp3) is 0.667. The van der Waals surface area contributed by atoms with Crippen LogP contribution in [0.15, 0.2) is 15.4 Å². The van der Waals surface area contributed by atoms with Gasteiger partial charge in [-0.3, -0.25) is 0 Å². The van der Waals surface area contributed by atoms with Crippen LogP contribution in [0.1, 0.15) is 31.3 Å². The largest absolute Gasteiger partial charge is 0.464 e. The molecule has 1 fully saturated rings. The summed E-state index contributed by atoms with van der Waals surface area (Å²) in [4.78, 5) is 0.259. The molecule has 1 aromatic heterocycles. The Morgan fingerprint density at radius 2 is 2.22 bits per heavy atom. The minimum Gasteiger partial charge on any atom is -0.464 e. The molecule has 6 heteroatoms. The zero-order valence-corrected chi connectivity index (χ0v) is 11.8. The van der Waals surface area contributed by atoms with Gasteiger partial charge in [0, 0.05) is 12.1 Å². The average molecular weight is 272 g/mol. The lowest BCUT2D eigenvalue weighted by Crippen LogP contribution is -2.27. The molecular weight excluding hydrogens is 252 g/mol. The van der Waals surface area contributed by atoms with Crippen molar-refractivity contribution in [2.45, 2.75) is 44.2 Å². The molecule has 1 heterocycles. The van der Waals surface area contributed by atoms with Gasteiger partial charge in [0.1, 0.15) is 16.4 Å². The summed E-state index contributed by atoms with van der Waals surface area (Å²) < 4.78 is 32.5. The summed E-state index contributed by atoms with van der Waals surface area (Å²) in [7, 11) is -1.65. The van der Waals surface area contributed by atoms with Gasteiger partial charge >= 0.3 is 0 Å². The van der Waals surface area contributed by atoms with E-state index < -0.39 is 10.0 Å². The monoisotopic (exact) mass is 272 g/mol. The Balaban J connectivity index is 2.14. The summed E-state index contributed by atoms with van der Waals surface area (Å²) in [6.45, 7) is 4.28. The maximum Gasteiger partial charge on any atom is 0.244 e. The molecular formula is C12H20N2O3S. The summed E-state index contributed by atoms with van der Waals surface area (Å²) in [6.07, 6.45) is 1.96. The molecule has 0 spiro atoms. The van der Waals surface area contributed by atoms with Gasteiger partial charge in [-0.1, -0.05) is 13.3 Å². The Bertz CT molecular complexity index is 521. The predicted molar refractivity (Wildman–Crippen MR) is 68.7 cm³/mol. The van der Waals surface area contributed by atoms with E-state index in [9.17, 15) is 8.42 Å². The molecule has 2 N–H and O–H groups in total. The number of sulfonamides is 1. The first-order valence-corrected chi connectivity index (χ1v) is 7.72. The van der Waals surface area contributed by atoms with Crippen molar-refractivity contribution in [3.05, 3.63) is 17.6 Å². The smallest absolute Gasteiger partial charge is 0.244 e. The quantitative estimate of drug-likeness (QED) is 0.821. The highest BCUT2D eigenvalue weighted by Gasteiger charge is 2.39. The fourth-order valence-corrected chi connectivity index (χ4v) is 3.68. The van der Waals surface area contributed by atoms with Crippen LogP contribution >= 0.6 is 0 Å². The first-order chi connectivity index (χ1) is 8.47. The third kappa shape index (κ3) is 2.76. The Kier molecular flexibility index (Phi) is 3.79. The molecule has 0 aliphatic heterocycles. The maximum atomic E-state index is 12.2. The predicted octanol–water partition coefficient (Wildman–Crippen LogP) is 1.38. The summed E-state index contributed by atoms with van der Waals surface area (Å²) >= 11 is 0. The van der Waals surface area contributed by atoms with Crippen molar-refractivity contribution < 1.29 is 12.8 Å². The lowest BCUT2D eigenvalue weighted by Gasteiger charge is -2.04. The highest BCUT2D eigenvalue weighted by atomic mass is 32.2. The molecule has 1 aliphatic carbocycles. The number of furan rings is 1. The normalized spacial score (nSPS) is 23.3. The summed E-state index contributed by atoms with van der Waals surface area (Å²) in [5, 5.41) is 2.94. The van der Waals surface area contributed by atoms with E-state index in [1.165, 1.54) is 0 Å². The molecule has 2 atom stereocenters. The molecule has 5 nitrogen and oxygen atoms in total. The number of aryl methyl sites for hydroxylation is 1. The van der Waals surface area contributed by atoms with E-state index in [-0.39, 0.29) is 10.9 Å². The van der Waals surface area contributed by atoms with Gasteiger partial charge in [0.2, 0.25) is 10.0 Å². The maximum absolute atomic E-state index is 12.2. The van der Waals surface area contributed by atoms with Crippen LogP contribution in [-0.2, 0) is 16.6 Å². The first-order valence-electron chi connectivity index (χ1n) is 6.24. The van der Waals surface area contributed by atoms with Crippen LogP contribution in [-0.4, -0.2) is 21.5 Å². The third-order valence-corrected chi connectivity index (χ3v) is 4.91. The van der Waals surface area contributed by atoms with Crippen LogP contribution in [0, 0.1) is 12.8 Å². The van der Waals surface area contributed by atoms with E-state index in [0.717, 1.165) is 12.8 Å². The van der Waals surface area contributed by atoms with Crippen LogP contribution in [0.4, 0.5) is 0 Å². The Morgan fingerprint density at radius 1 is 1.50 bits per heavy atom. The van der Waals surface area contributed by atoms with Crippen molar-refractivity contribution in [3.8, 4) is 0 Å². The summed E-state index contributed by atoms with van der Waals surface area (Å²) in [5.41, 5.74) is 0. The first kappa shape index (κ1) is 13.6. The molecule has 0 bridgehead atoms. The van der Waals surface area contributed by atoms with Crippen molar-refractivity contribution in [2.24, 2.45) is 5.92 Å². The molecule has 1 saturated carbocycles. The van der Waals surface area contributed by atoms with E-state index in [2.05, 4.69) is 17.0 Å². The summed E-state index contributed by atoms with van der Waals surface area (Å²) in [6, 6.07) is 1.69. The van der Waals surface area contributed by atoms with Crippen molar-refractivity contribution in [1.29, 1.82) is 0 Å². The number of rotatable bonds is 6. The molecule has 0 saturated heterocycles. The van der Waals surface area contributed by atoms with E-state index in [0.29, 0.717) is 24.0 Å². The summed E-state index contributed by atoms with van der Waals surface area (Å²) in [5.74, 6) is 1.57. The highest BCUT2D eigenvalue weighted by molar-refractivity contribution is 7.89. The number of nitrogens with one attached hydrogen (secondary N) is 2. The minimum absolute atomic E-state index is 0.0991. The van der Waals surface area contributed by atoms with Gasteiger partial charge in [-0.2, -0.15) is 0 Å². The average Bonchev–Trinajstić information content (AvgIpc) is 2.92. The van der Waals surface area contributed by atoms with Crippen LogP contribution in [0.3, 0.4) is 0 Å². The van der Waals surface area contributed by atoms with Crippen LogP contribution in [0.25, 0.3) is 0 Å². The lowest BCUT2D eigenvalue weighted by molar-refractivity contribution is 0.465. The van der Waals surface area contributed by atoms with Crippen molar-refractivity contribution >= 4 is 10.0 Å². The van der Waals surface area contributed by atoms with Gasteiger partial charge in [0.25, 0.3) is 0 Å². The van der Waals surface area contributed by atoms with E-state index in [1.54, 1.807) is 20.0 Å². The van der Waals surface area contributed by atoms with Crippen LogP contribution < -0.4 is 10.0 Å². The Labute approximate surface area is 108 Å². The standard InChI is InChI=1S/C12H20N2O3S/c1-4-9-5-11(9)14-18(15,16)12-6-10(7-13-3)17-8(12)2/h6,9,11,13-14H,4-5,7H2,1-3H3.